The zero-order valence-corrected chi connectivity index (χ0v) is 17.0. The summed E-state index contributed by atoms with van der Waals surface area (Å²) in [4.78, 5) is 30.4. The average Bonchev–Trinajstić information content (AvgIpc) is 3.22. The van der Waals surface area contributed by atoms with E-state index in [9.17, 15) is 14.0 Å². The van der Waals surface area contributed by atoms with Gasteiger partial charge < -0.3 is 14.6 Å². The van der Waals surface area contributed by atoms with Crippen molar-refractivity contribution in [2.75, 3.05) is 13.7 Å². The van der Waals surface area contributed by atoms with Crippen molar-refractivity contribution in [1.29, 1.82) is 0 Å². The van der Waals surface area contributed by atoms with Gasteiger partial charge in [0.05, 0.1) is 24.2 Å². The molecular formula is C23H24FN3O3. The molecule has 2 aliphatic rings. The number of aromatic amines is 1. The molecule has 1 aromatic heterocycles. The summed E-state index contributed by atoms with van der Waals surface area (Å²) >= 11 is 0. The van der Waals surface area contributed by atoms with Gasteiger partial charge in [0, 0.05) is 30.2 Å². The monoisotopic (exact) mass is 409 g/mol. The summed E-state index contributed by atoms with van der Waals surface area (Å²) in [6, 6.07) is 12.3. The molecule has 0 spiro atoms. The molecule has 7 heteroatoms. The summed E-state index contributed by atoms with van der Waals surface area (Å²) in [5.74, 6) is -0.271. The molecule has 2 heterocycles. The normalized spacial score (nSPS) is 25.0. The molecular weight excluding hydrogens is 385 g/mol. The minimum Gasteiger partial charge on any atom is -0.383 e. The highest BCUT2D eigenvalue weighted by molar-refractivity contribution is 5.98. The molecule has 3 atom stereocenters. The summed E-state index contributed by atoms with van der Waals surface area (Å²) in [7, 11) is 1.59. The van der Waals surface area contributed by atoms with E-state index in [1.54, 1.807) is 23.8 Å². The highest BCUT2D eigenvalue weighted by Crippen LogP contribution is 2.60. The second kappa shape index (κ2) is 6.80. The Morgan fingerprint density at radius 3 is 2.73 bits per heavy atom. The third-order valence-corrected chi connectivity index (χ3v) is 6.70. The van der Waals surface area contributed by atoms with Gasteiger partial charge >= 0.3 is 5.69 Å². The molecule has 30 heavy (non-hydrogen) atoms. The number of benzene rings is 2. The minimum absolute atomic E-state index is 0.0265. The van der Waals surface area contributed by atoms with Crippen LogP contribution in [-0.4, -0.2) is 46.2 Å². The van der Waals surface area contributed by atoms with Crippen LogP contribution in [0.3, 0.4) is 0 Å². The first-order chi connectivity index (χ1) is 14.4. The van der Waals surface area contributed by atoms with Gasteiger partial charge in [0.15, 0.2) is 0 Å². The van der Waals surface area contributed by atoms with Gasteiger partial charge in [-0.2, -0.15) is 0 Å². The number of likely N-dealkylation sites (tertiary alicyclic amines) is 1. The van der Waals surface area contributed by atoms with Crippen molar-refractivity contribution in [3.63, 3.8) is 0 Å². The van der Waals surface area contributed by atoms with Crippen LogP contribution in [-0.2, 0) is 16.7 Å². The molecule has 1 aliphatic carbocycles. The van der Waals surface area contributed by atoms with Crippen molar-refractivity contribution in [3.8, 4) is 0 Å². The van der Waals surface area contributed by atoms with Gasteiger partial charge in [-0.05, 0) is 55.7 Å². The van der Waals surface area contributed by atoms with Crippen LogP contribution in [0.5, 0.6) is 0 Å². The molecule has 1 unspecified atom stereocenters. The number of nitrogens with one attached hydrogen (secondary N) is 1. The molecule has 1 aliphatic heterocycles. The Morgan fingerprint density at radius 2 is 2.00 bits per heavy atom. The number of H-pyrrole nitrogens is 1. The number of piperidine rings is 1. The van der Waals surface area contributed by atoms with Crippen LogP contribution in [0.1, 0.15) is 35.7 Å². The largest absolute Gasteiger partial charge is 0.383 e. The molecule has 0 radical (unpaired) electrons. The van der Waals surface area contributed by atoms with Crippen LogP contribution in [0.2, 0.25) is 0 Å². The van der Waals surface area contributed by atoms with E-state index in [4.69, 9.17) is 4.74 Å². The highest BCUT2D eigenvalue weighted by atomic mass is 19.1. The smallest absolute Gasteiger partial charge is 0.326 e. The Bertz CT molecular complexity index is 1180. The summed E-state index contributed by atoms with van der Waals surface area (Å²) in [6.45, 7) is 2.96. The Morgan fingerprint density at radius 1 is 1.23 bits per heavy atom. The van der Waals surface area contributed by atoms with Gasteiger partial charge in [-0.25, -0.2) is 9.18 Å². The lowest BCUT2D eigenvalue weighted by Gasteiger charge is -2.24. The summed E-state index contributed by atoms with van der Waals surface area (Å²) < 4.78 is 20.0. The zero-order valence-electron chi connectivity index (χ0n) is 17.0. The Kier molecular flexibility index (Phi) is 4.32. The lowest BCUT2D eigenvalue weighted by atomic mass is 9.91. The fourth-order valence-corrected chi connectivity index (χ4v) is 5.20. The molecule has 1 N–H and O–H groups in total. The number of methoxy groups -OCH3 is 1. The highest BCUT2D eigenvalue weighted by Gasteiger charge is 2.65. The summed E-state index contributed by atoms with van der Waals surface area (Å²) in [5.41, 5.74) is 2.80. The maximum absolute atomic E-state index is 13.4. The van der Waals surface area contributed by atoms with Crippen LogP contribution in [0.15, 0.2) is 47.3 Å². The number of hydrogen-bond donors (Lipinski definition) is 1. The zero-order chi connectivity index (χ0) is 21.0. The second-order valence-corrected chi connectivity index (χ2v) is 8.46. The lowest BCUT2D eigenvalue weighted by Crippen LogP contribution is -2.36. The third kappa shape index (κ3) is 2.80. The van der Waals surface area contributed by atoms with Crippen molar-refractivity contribution < 1.29 is 13.9 Å². The summed E-state index contributed by atoms with van der Waals surface area (Å²) in [5, 5.41) is 0. The third-order valence-electron chi connectivity index (χ3n) is 6.70. The number of nitrogens with zero attached hydrogens (tertiary/aromatic N) is 2. The van der Waals surface area contributed by atoms with Crippen LogP contribution in [0.25, 0.3) is 11.0 Å². The quantitative estimate of drug-likeness (QED) is 0.704. The van der Waals surface area contributed by atoms with Crippen molar-refractivity contribution >= 4 is 16.9 Å². The number of halogens is 1. The van der Waals surface area contributed by atoms with Crippen LogP contribution < -0.4 is 5.69 Å². The van der Waals surface area contributed by atoms with E-state index in [1.165, 1.54) is 12.1 Å². The van der Waals surface area contributed by atoms with Crippen molar-refractivity contribution in [1.82, 2.24) is 14.5 Å². The Balaban J connectivity index is 1.43. The molecule has 1 saturated heterocycles. The number of rotatable bonds is 5. The van der Waals surface area contributed by atoms with Crippen molar-refractivity contribution in [2.24, 2.45) is 0 Å². The van der Waals surface area contributed by atoms with Crippen molar-refractivity contribution in [3.05, 3.63) is 69.9 Å². The van der Waals surface area contributed by atoms with Gasteiger partial charge in [-0.1, -0.05) is 12.1 Å². The predicted molar refractivity (Wildman–Crippen MR) is 111 cm³/mol. The standard InChI is InChI=1S/C23H24FN3O3/c1-14-12-23(16-4-6-17(24)7-5-16)13-20(23)27(14)21(28)15-3-8-19-18(11-15)25-22(29)26(19)9-10-30-2/h3-8,11,14,20H,9-10,12-13H2,1-2H3,(H,25,29)/t14-,20+,23?/m1/s1. The molecule has 1 saturated carbocycles. The maximum Gasteiger partial charge on any atom is 0.326 e. The number of fused-ring (bicyclic) bond motifs is 2. The fraction of sp³-hybridized carbons (Fsp3) is 0.391. The van der Waals surface area contributed by atoms with E-state index in [0.717, 1.165) is 23.9 Å². The topological polar surface area (TPSA) is 67.3 Å². The minimum atomic E-state index is -0.244. The number of carbonyl (C=O) groups is 1. The molecule has 5 rings (SSSR count). The lowest BCUT2D eigenvalue weighted by molar-refractivity contribution is 0.0713. The first-order valence-electron chi connectivity index (χ1n) is 10.2. The molecule has 156 valence electrons. The number of amides is 1. The summed E-state index contributed by atoms with van der Waals surface area (Å²) in [6.07, 6.45) is 1.78. The number of carbonyl (C=O) groups excluding carboxylic acids is 1. The van der Waals surface area contributed by atoms with E-state index >= 15 is 0 Å². The first kappa shape index (κ1) is 19.1. The van der Waals surface area contributed by atoms with Crippen LogP contribution in [0, 0.1) is 5.82 Å². The molecule has 2 aromatic carbocycles. The average molecular weight is 409 g/mol. The van der Waals surface area contributed by atoms with E-state index in [0.29, 0.717) is 24.2 Å². The number of aromatic nitrogens is 2. The molecule has 3 aromatic rings. The fourth-order valence-electron chi connectivity index (χ4n) is 5.20. The number of ether oxygens (including phenoxy) is 1. The number of imidazole rings is 1. The van der Waals surface area contributed by atoms with E-state index in [2.05, 4.69) is 11.9 Å². The molecule has 2 fully saturated rings. The SMILES string of the molecule is COCCn1c(=O)[nH]c2cc(C(=O)N3[C@H](C)CC4(c5ccc(F)cc5)C[C@H]34)ccc21. The van der Waals surface area contributed by atoms with Crippen LogP contribution in [0.4, 0.5) is 4.39 Å². The Labute approximate surface area is 173 Å². The molecule has 1 amide bonds. The van der Waals surface area contributed by atoms with E-state index in [1.807, 2.05) is 23.1 Å². The van der Waals surface area contributed by atoms with Crippen molar-refractivity contribution in [2.45, 2.75) is 43.8 Å². The second-order valence-electron chi connectivity index (χ2n) is 8.46. The predicted octanol–water partition coefficient (Wildman–Crippen LogP) is 3.06. The molecule has 0 bridgehead atoms. The molecule has 6 nitrogen and oxygen atoms in total. The van der Waals surface area contributed by atoms with Gasteiger partial charge in [-0.3, -0.25) is 9.36 Å². The number of hydrogen-bond acceptors (Lipinski definition) is 3. The van der Waals surface area contributed by atoms with Gasteiger partial charge in [0.25, 0.3) is 5.91 Å². The van der Waals surface area contributed by atoms with Gasteiger partial charge in [0.1, 0.15) is 5.82 Å². The first-order valence-corrected chi connectivity index (χ1v) is 10.2. The van der Waals surface area contributed by atoms with Gasteiger partial charge in [-0.15, -0.1) is 0 Å². The van der Waals surface area contributed by atoms with E-state index in [-0.39, 0.29) is 34.9 Å². The Hall–Kier alpha value is -2.93. The van der Waals surface area contributed by atoms with Gasteiger partial charge in [0.2, 0.25) is 0 Å². The van der Waals surface area contributed by atoms with E-state index < -0.39 is 0 Å². The van der Waals surface area contributed by atoms with Crippen LogP contribution >= 0.6 is 0 Å². The maximum atomic E-state index is 13.4.